The molecule has 0 spiro atoms. The highest BCUT2D eigenvalue weighted by Crippen LogP contribution is 2.23. The zero-order chi connectivity index (χ0) is 19.6. The first-order chi connectivity index (χ1) is 13.0. The first kappa shape index (κ1) is 20.7. The molecule has 0 bridgehead atoms. The molecule has 1 aliphatic heterocycles. The van der Waals surface area contributed by atoms with Crippen molar-refractivity contribution < 1.29 is 23.9 Å². The van der Waals surface area contributed by atoms with Crippen LogP contribution in [0.25, 0.3) is 0 Å². The van der Waals surface area contributed by atoms with Crippen LogP contribution < -0.4 is 15.4 Å². The minimum atomic E-state index is -0.712. The third-order valence-corrected chi connectivity index (χ3v) is 4.29. The minimum Gasteiger partial charge on any atom is -0.495 e. The molecule has 0 aliphatic carbocycles. The maximum atomic E-state index is 12.4. The van der Waals surface area contributed by atoms with E-state index < -0.39 is 12.0 Å². The number of nitrogens with zero attached hydrogens (tertiary/aromatic N) is 1. The summed E-state index contributed by atoms with van der Waals surface area (Å²) in [5.41, 5.74) is 0.557. The second-order valence-electron chi connectivity index (χ2n) is 6.30. The second kappa shape index (κ2) is 10.5. The Kier molecular flexibility index (Phi) is 8.06. The van der Waals surface area contributed by atoms with Crippen molar-refractivity contribution >= 4 is 23.5 Å². The number of amides is 2. The highest BCUT2D eigenvalue weighted by molar-refractivity contribution is 5.94. The molecule has 0 saturated carbocycles. The maximum Gasteiger partial charge on any atom is 0.307 e. The number of rotatable bonds is 9. The molecular formula is C19H27N3O5. The van der Waals surface area contributed by atoms with E-state index >= 15 is 0 Å². The fourth-order valence-electron chi connectivity index (χ4n) is 2.84. The van der Waals surface area contributed by atoms with Gasteiger partial charge in [0.05, 0.1) is 32.4 Å². The van der Waals surface area contributed by atoms with Gasteiger partial charge in [-0.25, -0.2) is 0 Å². The number of hydrogen-bond donors (Lipinski definition) is 2. The average Bonchev–Trinajstić information content (AvgIpc) is 2.65. The summed E-state index contributed by atoms with van der Waals surface area (Å²) in [5.74, 6) is -0.420. The Morgan fingerprint density at radius 3 is 2.85 bits per heavy atom. The summed E-state index contributed by atoms with van der Waals surface area (Å²) < 4.78 is 10.4. The number of nitrogens with one attached hydrogen (secondary N) is 2. The number of methoxy groups -OCH3 is 1. The zero-order valence-electron chi connectivity index (χ0n) is 15.8. The third kappa shape index (κ3) is 6.25. The van der Waals surface area contributed by atoms with Gasteiger partial charge in [0.2, 0.25) is 11.8 Å². The fraction of sp³-hybridized carbons (Fsp3) is 0.526. The van der Waals surface area contributed by atoms with Crippen LogP contribution in [0.2, 0.25) is 0 Å². The van der Waals surface area contributed by atoms with E-state index in [9.17, 15) is 14.4 Å². The predicted octanol–water partition coefficient (Wildman–Crippen LogP) is 1.17. The smallest absolute Gasteiger partial charge is 0.307 e. The SMILES string of the molecule is CCCCOC(=O)CC1C(=O)NCCN1CC(=O)Nc1ccccc1OC. The van der Waals surface area contributed by atoms with Crippen LogP contribution >= 0.6 is 0 Å². The van der Waals surface area contributed by atoms with Gasteiger partial charge in [0.25, 0.3) is 0 Å². The lowest BCUT2D eigenvalue weighted by Crippen LogP contribution is -2.57. The molecule has 2 amide bonds. The molecule has 1 saturated heterocycles. The van der Waals surface area contributed by atoms with Crippen LogP contribution in [-0.2, 0) is 19.1 Å². The molecule has 148 valence electrons. The van der Waals surface area contributed by atoms with Gasteiger partial charge in [-0.2, -0.15) is 0 Å². The lowest BCUT2D eigenvalue weighted by molar-refractivity contribution is -0.149. The molecule has 8 nitrogen and oxygen atoms in total. The van der Waals surface area contributed by atoms with Gasteiger partial charge in [-0.15, -0.1) is 0 Å². The van der Waals surface area contributed by atoms with Crippen LogP contribution in [0.3, 0.4) is 0 Å². The normalized spacial score (nSPS) is 17.1. The molecule has 2 rings (SSSR count). The Morgan fingerprint density at radius 2 is 2.11 bits per heavy atom. The summed E-state index contributed by atoms with van der Waals surface area (Å²) in [6.45, 7) is 3.26. The first-order valence-electron chi connectivity index (χ1n) is 9.15. The third-order valence-electron chi connectivity index (χ3n) is 4.29. The van der Waals surface area contributed by atoms with E-state index in [-0.39, 0.29) is 24.8 Å². The lowest BCUT2D eigenvalue weighted by Gasteiger charge is -2.33. The Bertz CT molecular complexity index is 665. The topological polar surface area (TPSA) is 97.0 Å². The van der Waals surface area contributed by atoms with Crippen molar-refractivity contribution in [1.29, 1.82) is 0 Å². The molecule has 1 fully saturated rings. The largest absolute Gasteiger partial charge is 0.495 e. The van der Waals surface area contributed by atoms with Crippen molar-refractivity contribution in [3.63, 3.8) is 0 Å². The van der Waals surface area contributed by atoms with Crippen LogP contribution in [0.4, 0.5) is 5.69 Å². The molecule has 8 heteroatoms. The molecule has 1 aromatic rings. The van der Waals surface area contributed by atoms with Crippen molar-refractivity contribution in [2.45, 2.75) is 32.2 Å². The second-order valence-corrected chi connectivity index (χ2v) is 6.30. The number of unbranched alkanes of at least 4 members (excludes halogenated alkanes) is 1. The number of piperazine rings is 1. The molecule has 2 N–H and O–H groups in total. The summed E-state index contributed by atoms with van der Waals surface area (Å²) >= 11 is 0. The van der Waals surface area contributed by atoms with Crippen molar-refractivity contribution in [1.82, 2.24) is 10.2 Å². The van der Waals surface area contributed by atoms with E-state index in [1.165, 1.54) is 7.11 Å². The van der Waals surface area contributed by atoms with E-state index in [1.54, 1.807) is 23.1 Å². The summed E-state index contributed by atoms with van der Waals surface area (Å²) in [7, 11) is 1.53. The van der Waals surface area contributed by atoms with Crippen molar-refractivity contribution in [2.24, 2.45) is 0 Å². The van der Waals surface area contributed by atoms with E-state index in [0.29, 0.717) is 31.1 Å². The lowest BCUT2D eigenvalue weighted by atomic mass is 10.1. The number of para-hydroxylation sites is 2. The van der Waals surface area contributed by atoms with E-state index in [0.717, 1.165) is 12.8 Å². The zero-order valence-corrected chi connectivity index (χ0v) is 15.8. The Morgan fingerprint density at radius 1 is 1.33 bits per heavy atom. The van der Waals surface area contributed by atoms with Gasteiger partial charge in [-0.1, -0.05) is 25.5 Å². The molecule has 1 aromatic carbocycles. The number of hydrogen-bond acceptors (Lipinski definition) is 6. The summed E-state index contributed by atoms with van der Waals surface area (Å²) in [5, 5.41) is 5.52. The molecule has 1 heterocycles. The van der Waals surface area contributed by atoms with Gasteiger partial charge < -0.3 is 20.1 Å². The number of ether oxygens (including phenoxy) is 2. The molecular weight excluding hydrogens is 350 g/mol. The van der Waals surface area contributed by atoms with Gasteiger partial charge in [-0.3, -0.25) is 19.3 Å². The highest BCUT2D eigenvalue weighted by Gasteiger charge is 2.33. The Hall–Kier alpha value is -2.61. The number of anilines is 1. The molecule has 1 aliphatic rings. The van der Waals surface area contributed by atoms with Crippen LogP contribution in [0.1, 0.15) is 26.2 Å². The maximum absolute atomic E-state index is 12.4. The van der Waals surface area contributed by atoms with E-state index in [2.05, 4.69) is 10.6 Å². The number of carbonyl (C=O) groups excluding carboxylic acids is 3. The first-order valence-corrected chi connectivity index (χ1v) is 9.15. The van der Waals surface area contributed by atoms with Gasteiger partial charge in [0.15, 0.2) is 0 Å². The van der Waals surface area contributed by atoms with Crippen LogP contribution in [0.5, 0.6) is 5.75 Å². The predicted molar refractivity (Wildman–Crippen MR) is 100 cm³/mol. The Balaban J connectivity index is 1.96. The van der Waals surface area contributed by atoms with Crippen LogP contribution in [-0.4, -0.2) is 62.1 Å². The molecule has 27 heavy (non-hydrogen) atoms. The van der Waals surface area contributed by atoms with Crippen LogP contribution in [0.15, 0.2) is 24.3 Å². The van der Waals surface area contributed by atoms with Crippen LogP contribution in [0, 0.1) is 0 Å². The Labute approximate surface area is 159 Å². The van der Waals surface area contributed by atoms with Gasteiger partial charge >= 0.3 is 5.97 Å². The standard InChI is InChI=1S/C19H27N3O5/c1-3-4-11-27-18(24)12-15-19(25)20-9-10-22(15)13-17(23)21-14-7-5-6-8-16(14)26-2/h5-8,15H,3-4,9-13H2,1-2H3,(H,20,25)(H,21,23). The molecule has 1 unspecified atom stereocenters. The quantitative estimate of drug-likeness (QED) is 0.495. The summed E-state index contributed by atoms with van der Waals surface area (Å²) in [4.78, 5) is 38.3. The summed E-state index contributed by atoms with van der Waals surface area (Å²) in [6.07, 6.45) is 1.64. The van der Waals surface area contributed by atoms with Gasteiger partial charge in [-0.05, 0) is 18.6 Å². The molecule has 0 aromatic heterocycles. The number of carbonyl (C=O) groups is 3. The van der Waals surface area contributed by atoms with Gasteiger partial charge in [0, 0.05) is 13.1 Å². The van der Waals surface area contributed by atoms with Crippen molar-refractivity contribution in [3.05, 3.63) is 24.3 Å². The number of benzene rings is 1. The monoisotopic (exact) mass is 377 g/mol. The van der Waals surface area contributed by atoms with E-state index in [1.807, 2.05) is 13.0 Å². The highest BCUT2D eigenvalue weighted by atomic mass is 16.5. The molecule has 0 radical (unpaired) electrons. The average molecular weight is 377 g/mol. The van der Waals surface area contributed by atoms with Gasteiger partial charge in [0.1, 0.15) is 11.8 Å². The van der Waals surface area contributed by atoms with Crippen molar-refractivity contribution in [2.75, 3.05) is 38.7 Å². The summed E-state index contributed by atoms with van der Waals surface area (Å²) in [6, 6.07) is 6.38. The molecule has 1 atom stereocenters. The fourth-order valence-corrected chi connectivity index (χ4v) is 2.84. The number of esters is 1. The minimum absolute atomic E-state index is 0.00161. The van der Waals surface area contributed by atoms with Crippen molar-refractivity contribution in [3.8, 4) is 5.75 Å². The van der Waals surface area contributed by atoms with E-state index in [4.69, 9.17) is 9.47 Å².